The summed E-state index contributed by atoms with van der Waals surface area (Å²) in [4.78, 5) is 19.2. The van der Waals surface area contributed by atoms with Gasteiger partial charge in [-0.05, 0) is 43.3 Å². The summed E-state index contributed by atoms with van der Waals surface area (Å²) in [7, 11) is 0. The lowest BCUT2D eigenvalue weighted by atomic mass is 10.2. The van der Waals surface area contributed by atoms with Crippen molar-refractivity contribution in [3.8, 4) is 0 Å². The number of amides is 1. The maximum absolute atomic E-state index is 13.2. The fourth-order valence-electron chi connectivity index (χ4n) is 2.15. The fraction of sp³-hybridized carbons (Fsp3) is 0.125. The fourth-order valence-corrected chi connectivity index (χ4v) is 2.15. The number of halogens is 2. The van der Waals surface area contributed by atoms with Crippen LogP contribution in [0.2, 0.25) is 0 Å². The molecule has 7 heteroatoms. The number of carbonyl (C=O) groups excluding carboxylic acids is 1. The molecule has 1 atom stereocenters. The molecule has 0 aliphatic heterocycles. The van der Waals surface area contributed by atoms with E-state index in [0.29, 0.717) is 22.5 Å². The van der Waals surface area contributed by atoms with Crippen molar-refractivity contribution in [2.45, 2.75) is 13.0 Å². The number of benzene rings is 2. The largest absolute Gasteiger partial charge is 0.385 e. The van der Waals surface area contributed by atoms with Gasteiger partial charge in [0.05, 0.1) is 11.0 Å². The van der Waals surface area contributed by atoms with Crippen molar-refractivity contribution in [2.75, 3.05) is 5.32 Å². The summed E-state index contributed by atoms with van der Waals surface area (Å²) in [5.41, 5.74) is 1.77. The summed E-state index contributed by atoms with van der Waals surface area (Å²) in [5.74, 6) is -2.23. The molecule has 1 aromatic heterocycles. The maximum Gasteiger partial charge on any atom is 0.255 e. The number of hydrogen-bond acceptors (Lipinski definition) is 3. The van der Waals surface area contributed by atoms with Crippen LogP contribution >= 0.6 is 0 Å². The molecule has 0 fully saturated rings. The van der Waals surface area contributed by atoms with Gasteiger partial charge >= 0.3 is 0 Å². The Hall–Kier alpha value is -2.80. The zero-order valence-corrected chi connectivity index (χ0v) is 12.1. The van der Waals surface area contributed by atoms with Gasteiger partial charge in [-0.25, -0.2) is 13.8 Å². The second kappa shape index (κ2) is 5.77. The van der Waals surface area contributed by atoms with Crippen molar-refractivity contribution in [2.24, 2.45) is 0 Å². The number of nitrogens with zero attached hydrogens (tertiary/aromatic N) is 1. The molecule has 23 heavy (non-hydrogen) atoms. The number of aliphatic hydroxyl groups excluding tert-OH is 1. The highest BCUT2D eigenvalue weighted by Gasteiger charge is 2.12. The number of aliphatic hydroxyl groups is 1. The van der Waals surface area contributed by atoms with Crippen molar-refractivity contribution in [1.82, 2.24) is 9.97 Å². The smallest absolute Gasteiger partial charge is 0.255 e. The Kier molecular flexibility index (Phi) is 3.79. The van der Waals surface area contributed by atoms with Crippen LogP contribution in [0.3, 0.4) is 0 Å². The van der Waals surface area contributed by atoms with E-state index < -0.39 is 23.6 Å². The van der Waals surface area contributed by atoms with Gasteiger partial charge in [0.15, 0.2) is 11.6 Å². The molecule has 1 amide bonds. The molecule has 0 spiro atoms. The average molecular weight is 317 g/mol. The average Bonchev–Trinajstić information content (AvgIpc) is 2.93. The number of fused-ring (bicyclic) bond motifs is 1. The van der Waals surface area contributed by atoms with E-state index in [9.17, 15) is 18.7 Å². The molecule has 5 nitrogen and oxygen atoms in total. The van der Waals surface area contributed by atoms with Crippen molar-refractivity contribution in [3.63, 3.8) is 0 Å². The molecular weight excluding hydrogens is 304 g/mol. The molecule has 0 aliphatic carbocycles. The van der Waals surface area contributed by atoms with Crippen LogP contribution in [0.15, 0.2) is 36.4 Å². The zero-order valence-electron chi connectivity index (χ0n) is 12.1. The van der Waals surface area contributed by atoms with Gasteiger partial charge in [0.2, 0.25) is 0 Å². The molecule has 3 N–H and O–H groups in total. The topological polar surface area (TPSA) is 78.0 Å². The molecule has 0 bridgehead atoms. The summed E-state index contributed by atoms with van der Waals surface area (Å²) in [6.07, 6.45) is -0.734. The van der Waals surface area contributed by atoms with Gasteiger partial charge in [0, 0.05) is 11.3 Å². The number of carbonyl (C=O) groups is 1. The number of nitrogens with one attached hydrogen (secondary N) is 2. The lowest BCUT2D eigenvalue weighted by Gasteiger charge is -2.05. The number of H-pyrrole nitrogens is 1. The Balaban J connectivity index is 1.85. The van der Waals surface area contributed by atoms with Gasteiger partial charge in [0.1, 0.15) is 11.9 Å². The number of aromatic nitrogens is 2. The standard InChI is InChI=1S/C16H13F2N3O2/c1-8(22)15-20-13-5-3-10(7-14(13)21-15)19-16(23)9-2-4-11(17)12(18)6-9/h2-8,22H,1H3,(H,19,23)(H,20,21). The number of anilines is 1. The summed E-state index contributed by atoms with van der Waals surface area (Å²) < 4.78 is 26.1. The van der Waals surface area contributed by atoms with E-state index in [-0.39, 0.29) is 5.56 Å². The van der Waals surface area contributed by atoms with E-state index in [1.54, 1.807) is 25.1 Å². The number of hydrogen-bond donors (Lipinski definition) is 3. The van der Waals surface area contributed by atoms with E-state index in [0.717, 1.165) is 12.1 Å². The highest BCUT2D eigenvalue weighted by atomic mass is 19.2. The van der Waals surface area contributed by atoms with Crippen molar-refractivity contribution in [1.29, 1.82) is 0 Å². The first-order valence-electron chi connectivity index (χ1n) is 6.88. The van der Waals surface area contributed by atoms with Crippen LogP contribution in [0.5, 0.6) is 0 Å². The van der Waals surface area contributed by atoms with Crippen molar-refractivity contribution >= 4 is 22.6 Å². The second-order valence-electron chi connectivity index (χ2n) is 5.11. The predicted octanol–water partition coefficient (Wildman–Crippen LogP) is 3.15. The van der Waals surface area contributed by atoms with Crippen LogP contribution in [0.25, 0.3) is 11.0 Å². The Morgan fingerprint density at radius 3 is 2.70 bits per heavy atom. The van der Waals surface area contributed by atoms with Gasteiger partial charge in [-0.1, -0.05) is 0 Å². The van der Waals surface area contributed by atoms with E-state index in [1.807, 2.05) is 0 Å². The third-order valence-electron chi connectivity index (χ3n) is 3.34. The molecule has 1 unspecified atom stereocenters. The quantitative estimate of drug-likeness (QED) is 0.694. The van der Waals surface area contributed by atoms with E-state index in [2.05, 4.69) is 15.3 Å². The molecule has 3 rings (SSSR count). The number of rotatable bonds is 3. The molecule has 3 aromatic rings. The first-order chi connectivity index (χ1) is 10.9. The summed E-state index contributed by atoms with van der Waals surface area (Å²) in [6.45, 7) is 1.59. The van der Waals surface area contributed by atoms with Gasteiger partial charge in [-0.15, -0.1) is 0 Å². The SMILES string of the molecule is CC(O)c1nc2ccc(NC(=O)c3ccc(F)c(F)c3)cc2[nH]1. The Morgan fingerprint density at radius 2 is 2.00 bits per heavy atom. The molecule has 0 saturated heterocycles. The van der Waals surface area contributed by atoms with Gasteiger partial charge in [0.25, 0.3) is 5.91 Å². The third kappa shape index (κ3) is 3.04. The first-order valence-corrected chi connectivity index (χ1v) is 6.88. The second-order valence-corrected chi connectivity index (χ2v) is 5.11. The minimum absolute atomic E-state index is 0.0123. The summed E-state index contributed by atoms with van der Waals surface area (Å²) >= 11 is 0. The summed E-state index contributed by atoms with van der Waals surface area (Å²) in [6, 6.07) is 7.90. The lowest BCUT2D eigenvalue weighted by Crippen LogP contribution is -2.12. The van der Waals surface area contributed by atoms with Crippen molar-refractivity contribution < 1.29 is 18.7 Å². The highest BCUT2D eigenvalue weighted by molar-refractivity contribution is 6.04. The van der Waals surface area contributed by atoms with E-state index >= 15 is 0 Å². The van der Waals surface area contributed by atoms with E-state index in [1.165, 1.54) is 6.07 Å². The minimum atomic E-state index is -1.08. The Morgan fingerprint density at radius 1 is 1.22 bits per heavy atom. The van der Waals surface area contributed by atoms with Crippen LogP contribution < -0.4 is 5.32 Å². The molecule has 1 heterocycles. The number of imidazole rings is 1. The van der Waals surface area contributed by atoms with Crippen LogP contribution in [-0.2, 0) is 0 Å². The van der Waals surface area contributed by atoms with Crippen LogP contribution in [-0.4, -0.2) is 21.0 Å². The Labute approximate surface area is 130 Å². The van der Waals surface area contributed by atoms with Crippen LogP contribution in [0, 0.1) is 11.6 Å². The molecule has 0 radical (unpaired) electrons. The van der Waals surface area contributed by atoms with Crippen LogP contribution in [0.1, 0.15) is 29.2 Å². The first kappa shape index (κ1) is 15.1. The monoisotopic (exact) mass is 317 g/mol. The predicted molar refractivity (Wildman–Crippen MR) is 81.0 cm³/mol. The summed E-state index contributed by atoms with van der Waals surface area (Å²) in [5, 5.41) is 12.1. The van der Waals surface area contributed by atoms with Gasteiger partial charge < -0.3 is 15.4 Å². The molecular formula is C16H13F2N3O2. The molecule has 2 aromatic carbocycles. The van der Waals surface area contributed by atoms with Crippen molar-refractivity contribution in [3.05, 3.63) is 59.4 Å². The Bertz CT molecular complexity index is 890. The third-order valence-corrected chi connectivity index (χ3v) is 3.34. The molecule has 0 saturated carbocycles. The minimum Gasteiger partial charge on any atom is -0.385 e. The van der Waals surface area contributed by atoms with E-state index in [4.69, 9.17) is 0 Å². The lowest BCUT2D eigenvalue weighted by molar-refractivity contribution is 0.102. The van der Waals surface area contributed by atoms with Gasteiger partial charge in [-0.3, -0.25) is 4.79 Å². The maximum atomic E-state index is 13.2. The molecule has 0 aliphatic rings. The normalized spacial score (nSPS) is 12.3. The zero-order chi connectivity index (χ0) is 16.6. The van der Waals surface area contributed by atoms with Gasteiger partial charge in [-0.2, -0.15) is 0 Å². The molecule has 118 valence electrons. The highest BCUT2D eigenvalue weighted by Crippen LogP contribution is 2.20. The van der Waals surface area contributed by atoms with Crippen LogP contribution in [0.4, 0.5) is 14.5 Å². The number of aromatic amines is 1.